The summed E-state index contributed by atoms with van der Waals surface area (Å²) in [5, 5.41) is 12.0. The second kappa shape index (κ2) is 4.11. The van der Waals surface area contributed by atoms with Gasteiger partial charge in [0.2, 0.25) is 0 Å². The summed E-state index contributed by atoms with van der Waals surface area (Å²) in [5.74, 6) is 0. The van der Waals surface area contributed by atoms with Crippen LogP contribution < -0.4 is 5.32 Å². The Hall–Kier alpha value is -1.03. The molecule has 1 rings (SSSR count). The largest absolute Gasteiger partial charge is 0.465 e. The average molecular weight is 170 g/mol. The zero-order valence-corrected chi connectivity index (χ0v) is 6.99. The van der Waals surface area contributed by atoms with Crippen LogP contribution in [0.4, 0.5) is 4.79 Å². The summed E-state index contributed by atoms with van der Waals surface area (Å²) in [6.45, 7) is 5.66. The molecule has 1 saturated heterocycles. The number of piperazine rings is 1. The summed E-state index contributed by atoms with van der Waals surface area (Å²) < 4.78 is 0. The second-order valence-corrected chi connectivity index (χ2v) is 2.86. The molecule has 4 nitrogen and oxygen atoms in total. The van der Waals surface area contributed by atoms with E-state index in [1.807, 2.05) is 0 Å². The molecule has 12 heavy (non-hydrogen) atoms. The Kier molecular flexibility index (Phi) is 3.10. The van der Waals surface area contributed by atoms with Crippen LogP contribution in [-0.2, 0) is 0 Å². The minimum absolute atomic E-state index is 0.0637. The molecule has 2 N–H and O–H groups in total. The molecule has 0 radical (unpaired) electrons. The summed E-state index contributed by atoms with van der Waals surface area (Å²) >= 11 is 0. The molecule has 0 aliphatic carbocycles. The van der Waals surface area contributed by atoms with Crippen LogP contribution >= 0.6 is 0 Å². The maximum absolute atomic E-state index is 10.7. The highest BCUT2D eigenvalue weighted by Crippen LogP contribution is 2.07. The summed E-state index contributed by atoms with van der Waals surface area (Å²) in [5.41, 5.74) is 0. The lowest BCUT2D eigenvalue weighted by Crippen LogP contribution is -2.52. The van der Waals surface area contributed by atoms with E-state index < -0.39 is 6.09 Å². The minimum atomic E-state index is -0.830. The van der Waals surface area contributed by atoms with Gasteiger partial charge in [-0.05, 0) is 6.42 Å². The third-order valence-electron chi connectivity index (χ3n) is 2.03. The zero-order chi connectivity index (χ0) is 8.97. The average Bonchev–Trinajstić information content (AvgIpc) is 2.05. The molecular weight excluding hydrogens is 156 g/mol. The Bertz CT molecular complexity index is 182. The van der Waals surface area contributed by atoms with Crippen molar-refractivity contribution in [1.29, 1.82) is 0 Å². The van der Waals surface area contributed by atoms with Crippen molar-refractivity contribution in [2.75, 3.05) is 19.6 Å². The highest BCUT2D eigenvalue weighted by molar-refractivity contribution is 5.65. The van der Waals surface area contributed by atoms with Gasteiger partial charge in [-0.15, -0.1) is 6.58 Å². The Morgan fingerprint density at radius 2 is 2.58 bits per heavy atom. The first kappa shape index (κ1) is 9.06. The van der Waals surface area contributed by atoms with E-state index in [1.54, 1.807) is 6.08 Å². The van der Waals surface area contributed by atoms with Crippen molar-refractivity contribution < 1.29 is 9.90 Å². The van der Waals surface area contributed by atoms with Crippen LogP contribution in [0.15, 0.2) is 12.7 Å². The first-order valence-corrected chi connectivity index (χ1v) is 4.07. The number of hydrogen-bond donors (Lipinski definition) is 2. The molecule has 1 aliphatic heterocycles. The summed E-state index contributed by atoms with van der Waals surface area (Å²) in [6, 6.07) is 0.0637. The van der Waals surface area contributed by atoms with Crippen LogP contribution in [0.3, 0.4) is 0 Å². The van der Waals surface area contributed by atoms with Gasteiger partial charge in [-0.25, -0.2) is 4.79 Å². The fourth-order valence-electron chi connectivity index (χ4n) is 1.42. The molecule has 1 heterocycles. The van der Waals surface area contributed by atoms with Crippen molar-refractivity contribution in [2.24, 2.45) is 0 Å². The molecule has 0 bridgehead atoms. The quantitative estimate of drug-likeness (QED) is 0.594. The Morgan fingerprint density at radius 1 is 1.83 bits per heavy atom. The molecule has 1 amide bonds. The van der Waals surface area contributed by atoms with Crippen molar-refractivity contribution >= 4 is 6.09 Å². The predicted molar refractivity (Wildman–Crippen MR) is 46.2 cm³/mol. The summed E-state index contributed by atoms with van der Waals surface area (Å²) in [6.07, 6.45) is 1.65. The third-order valence-corrected chi connectivity index (χ3v) is 2.03. The number of nitrogens with zero attached hydrogens (tertiary/aromatic N) is 1. The van der Waals surface area contributed by atoms with Crippen molar-refractivity contribution in [3.63, 3.8) is 0 Å². The van der Waals surface area contributed by atoms with Gasteiger partial charge in [0.1, 0.15) is 0 Å². The molecule has 0 aromatic heterocycles. The van der Waals surface area contributed by atoms with Gasteiger partial charge in [0.05, 0.1) is 6.04 Å². The lowest BCUT2D eigenvalue weighted by Gasteiger charge is -2.33. The molecule has 1 aliphatic rings. The molecule has 1 unspecified atom stereocenters. The number of carboxylic acid groups (broad SMARTS) is 1. The van der Waals surface area contributed by atoms with Gasteiger partial charge in [-0.2, -0.15) is 0 Å². The van der Waals surface area contributed by atoms with E-state index in [0.29, 0.717) is 6.54 Å². The molecule has 1 atom stereocenters. The SMILES string of the molecule is C=CCC1CNCCN1C(=O)O. The normalized spacial score (nSPS) is 23.7. The Balaban J connectivity index is 2.53. The van der Waals surface area contributed by atoms with Gasteiger partial charge in [-0.1, -0.05) is 6.08 Å². The molecule has 0 spiro atoms. The van der Waals surface area contributed by atoms with Gasteiger partial charge >= 0.3 is 6.09 Å². The van der Waals surface area contributed by atoms with Crippen LogP contribution in [0.2, 0.25) is 0 Å². The molecular formula is C8H14N2O2. The number of carbonyl (C=O) groups is 1. The molecule has 0 aromatic carbocycles. The van der Waals surface area contributed by atoms with E-state index in [9.17, 15) is 4.79 Å². The highest BCUT2D eigenvalue weighted by atomic mass is 16.4. The lowest BCUT2D eigenvalue weighted by atomic mass is 10.1. The maximum Gasteiger partial charge on any atom is 0.407 e. The van der Waals surface area contributed by atoms with Gasteiger partial charge in [0.15, 0.2) is 0 Å². The van der Waals surface area contributed by atoms with Crippen LogP contribution in [-0.4, -0.2) is 41.8 Å². The molecule has 0 saturated carbocycles. The number of hydrogen-bond acceptors (Lipinski definition) is 2. The Morgan fingerprint density at radius 3 is 3.17 bits per heavy atom. The van der Waals surface area contributed by atoms with Gasteiger partial charge in [-0.3, -0.25) is 0 Å². The fraction of sp³-hybridized carbons (Fsp3) is 0.625. The fourth-order valence-corrected chi connectivity index (χ4v) is 1.42. The maximum atomic E-state index is 10.7. The monoisotopic (exact) mass is 170 g/mol. The second-order valence-electron chi connectivity index (χ2n) is 2.86. The van der Waals surface area contributed by atoms with Crippen molar-refractivity contribution in [3.05, 3.63) is 12.7 Å². The lowest BCUT2D eigenvalue weighted by molar-refractivity contribution is 0.113. The first-order valence-electron chi connectivity index (χ1n) is 4.07. The van der Waals surface area contributed by atoms with Crippen LogP contribution in [0.5, 0.6) is 0 Å². The van der Waals surface area contributed by atoms with Crippen LogP contribution in [0.1, 0.15) is 6.42 Å². The zero-order valence-electron chi connectivity index (χ0n) is 6.99. The molecule has 68 valence electrons. The topological polar surface area (TPSA) is 52.6 Å². The van der Waals surface area contributed by atoms with Crippen molar-refractivity contribution in [3.8, 4) is 0 Å². The van der Waals surface area contributed by atoms with E-state index >= 15 is 0 Å². The third kappa shape index (κ3) is 1.98. The van der Waals surface area contributed by atoms with E-state index in [4.69, 9.17) is 5.11 Å². The molecule has 1 fully saturated rings. The van der Waals surface area contributed by atoms with Crippen LogP contribution in [0.25, 0.3) is 0 Å². The standard InChI is InChI=1S/C8H14N2O2/c1-2-3-7-6-9-4-5-10(7)8(11)12/h2,7,9H,1,3-6H2,(H,11,12). The highest BCUT2D eigenvalue weighted by Gasteiger charge is 2.24. The summed E-state index contributed by atoms with van der Waals surface area (Å²) in [4.78, 5) is 12.2. The number of rotatable bonds is 2. The molecule has 0 aromatic rings. The number of nitrogens with one attached hydrogen (secondary N) is 1. The molecule has 4 heteroatoms. The van der Waals surface area contributed by atoms with E-state index in [2.05, 4.69) is 11.9 Å². The number of amides is 1. The summed E-state index contributed by atoms with van der Waals surface area (Å²) in [7, 11) is 0. The minimum Gasteiger partial charge on any atom is -0.465 e. The van der Waals surface area contributed by atoms with Gasteiger partial charge < -0.3 is 15.3 Å². The van der Waals surface area contributed by atoms with Gasteiger partial charge in [0.25, 0.3) is 0 Å². The van der Waals surface area contributed by atoms with Crippen molar-refractivity contribution in [1.82, 2.24) is 10.2 Å². The van der Waals surface area contributed by atoms with E-state index in [-0.39, 0.29) is 6.04 Å². The van der Waals surface area contributed by atoms with Crippen LogP contribution in [0, 0.1) is 0 Å². The predicted octanol–water partition coefficient (Wildman–Crippen LogP) is 0.514. The van der Waals surface area contributed by atoms with E-state index in [0.717, 1.165) is 19.5 Å². The van der Waals surface area contributed by atoms with Gasteiger partial charge in [0, 0.05) is 19.6 Å². The first-order chi connectivity index (χ1) is 5.75. The smallest absolute Gasteiger partial charge is 0.407 e. The Labute approximate surface area is 71.9 Å². The van der Waals surface area contributed by atoms with Crippen molar-refractivity contribution in [2.45, 2.75) is 12.5 Å². The van der Waals surface area contributed by atoms with E-state index in [1.165, 1.54) is 4.90 Å².